The summed E-state index contributed by atoms with van der Waals surface area (Å²) in [5, 5.41) is 4.33. The van der Waals surface area contributed by atoms with E-state index in [9.17, 15) is 4.79 Å². The number of hydrogen-bond donors (Lipinski definition) is 1. The topological polar surface area (TPSA) is 50.7 Å². The molecule has 0 bridgehead atoms. The van der Waals surface area contributed by atoms with Gasteiger partial charge in [-0.25, -0.2) is 0 Å². The van der Waals surface area contributed by atoms with Crippen molar-refractivity contribution in [2.24, 2.45) is 16.4 Å². The van der Waals surface area contributed by atoms with Crippen molar-refractivity contribution in [2.75, 3.05) is 6.61 Å². The highest BCUT2D eigenvalue weighted by Gasteiger charge is 2.45. The van der Waals surface area contributed by atoms with E-state index in [1.807, 2.05) is 30.3 Å². The first-order valence-corrected chi connectivity index (χ1v) is 7.08. The molecule has 106 valence electrons. The van der Waals surface area contributed by atoms with E-state index in [2.05, 4.69) is 24.4 Å². The van der Waals surface area contributed by atoms with Crippen molar-refractivity contribution in [3.05, 3.63) is 30.3 Å². The zero-order valence-corrected chi connectivity index (χ0v) is 11.9. The van der Waals surface area contributed by atoms with Gasteiger partial charge in [0, 0.05) is 6.42 Å². The largest absolute Gasteiger partial charge is 0.488 e. The maximum Gasteiger partial charge on any atom is 0.144 e. The molecular weight excluding hydrogens is 252 g/mol. The van der Waals surface area contributed by atoms with Crippen LogP contribution in [0.25, 0.3) is 0 Å². The first-order chi connectivity index (χ1) is 9.55. The second-order valence-corrected chi connectivity index (χ2v) is 6.43. The molecule has 1 N–H and O–H groups in total. The van der Waals surface area contributed by atoms with Crippen molar-refractivity contribution < 1.29 is 9.53 Å². The number of fused-ring (bicyclic) bond motifs is 1. The van der Waals surface area contributed by atoms with E-state index in [0.29, 0.717) is 13.0 Å². The zero-order valence-electron chi connectivity index (χ0n) is 11.9. The Morgan fingerprint density at radius 3 is 2.85 bits per heavy atom. The molecule has 0 saturated heterocycles. The molecule has 1 saturated carbocycles. The van der Waals surface area contributed by atoms with Crippen LogP contribution in [0.5, 0.6) is 5.75 Å². The first-order valence-electron chi connectivity index (χ1n) is 7.08. The van der Waals surface area contributed by atoms with Crippen LogP contribution in [0.2, 0.25) is 0 Å². The predicted octanol–water partition coefficient (Wildman–Crippen LogP) is 2.40. The number of carbonyl (C=O) groups excluding carboxylic acids is 1. The molecule has 1 aromatic rings. The van der Waals surface area contributed by atoms with E-state index in [1.54, 1.807) is 0 Å². The smallest absolute Gasteiger partial charge is 0.144 e. The summed E-state index contributed by atoms with van der Waals surface area (Å²) >= 11 is 0. The summed E-state index contributed by atoms with van der Waals surface area (Å²) in [6, 6.07) is 9.77. The highest BCUT2D eigenvalue weighted by atomic mass is 16.5. The van der Waals surface area contributed by atoms with Crippen molar-refractivity contribution >= 4 is 11.5 Å². The van der Waals surface area contributed by atoms with Gasteiger partial charge in [0.25, 0.3) is 0 Å². The number of benzene rings is 1. The van der Waals surface area contributed by atoms with E-state index in [4.69, 9.17) is 4.74 Å². The number of para-hydroxylation sites is 1. The lowest BCUT2D eigenvalue weighted by atomic mass is 9.69. The van der Waals surface area contributed by atoms with Gasteiger partial charge in [-0.05, 0) is 24.0 Å². The Kier molecular flexibility index (Phi) is 3.24. The lowest BCUT2D eigenvalue weighted by Gasteiger charge is -2.36. The van der Waals surface area contributed by atoms with Gasteiger partial charge in [-0.2, -0.15) is 5.10 Å². The molecule has 4 nitrogen and oxygen atoms in total. The van der Waals surface area contributed by atoms with Crippen molar-refractivity contribution in [1.82, 2.24) is 5.43 Å². The highest BCUT2D eigenvalue weighted by Crippen LogP contribution is 2.38. The summed E-state index contributed by atoms with van der Waals surface area (Å²) in [6.07, 6.45) is 1.60. The number of ether oxygens (including phenoxy) is 1. The quantitative estimate of drug-likeness (QED) is 0.919. The summed E-state index contributed by atoms with van der Waals surface area (Å²) in [4.78, 5) is 12.3. The van der Waals surface area contributed by atoms with Gasteiger partial charge < -0.3 is 10.2 Å². The third kappa shape index (κ3) is 2.55. The van der Waals surface area contributed by atoms with Crippen LogP contribution in [0.1, 0.15) is 26.7 Å². The first kappa shape index (κ1) is 13.2. The minimum atomic E-state index is -0.105. The fourth-order valence-electron chi connectivity index (χ4n) is 3.16. The summed E-state index contributed by atoms with van der Waals surface area (Å²) in [7, 11) is 0. The minimum Gasteiger partial charge on any atom is -0.488 e. The molecule has 0 amide bonds. The summed E-state index contributed by atoms with van der Waals surface area (Å²) < 4.78 is 5.72. The Balaban J connectivity index is 1.66. The van der Waals surface area contributed by atoms with Gasteiger partial charge >= 0.3 is 0 Å². The van der Waals surface area contributed by atoms with Crippen LogP contribution in [-0.2, 0) is 4.79 Å². The van der Waals surface area contributed by atoms with E-state index in [0.717, 1.165) is 17.9 Å². The van der Waals surface area contributed by atoms with Gasteiger partial charge in [-0.15, -0.1) is 0 Å². The van der Waals surface area contributed by atoms with Gasteiger partial charge in [0.15, 0.2) is 0 Å². The van der Waals surface area contributed by atoms with Crippen molar-refractivity contribution in [1.29, 1.82) is 0 Å². The fraction of sp³-hybridized carbons (Fsp3) is 0.500. The Hall–Kier alpha value is -1.84. The Labute approximate surface area is 119 Å². The lowest BCUT2D eigenvalue weighted by molar-refractivity contribution is -0.126. The van der Waals surface area contributed by atoms with Gasteiger partial charge in [0.05, 0.1) is 17.7 Å². The molecule has 2 aliphatic rings. The Morgan fingerprint density at radius 2 is 2.10 bits per heavy atom. The summed E-state index contributed by atoms with van der Waals surface area (Å²) in [6.45, 7) is 4.66. The number of rotatable bonds is 3. The summed E-state index contributed by atoms with van der Waals surface area (Å²) in [5.41, 5.74) is 4.02. The molecule has 1 aliphatic heterocycles. The van der Waals surface area contributed by atoms with Gasteiger partial charge in [0.2, 0.25) is 0 Å². The van der Waals surface area contributed by atoms with Crippen LogP contribution in [0, 0.1) is 11.3 Å². The molecule has 1 heterocycles. The normalized spacial score (nSPS) is 27.5. The van der Waals surface area contributed by atoms with Gasteiger partial charge in [0.1, 0.15) is 18.1 Å². The molecule has 0 radical (unpaired) electrons. The second-order valence-electron chi connectivity index (χ2n) is 6.43. The van der Waals surface area contributed by atoms with Gasteiger partial charge in [-0.3, -0.25) is 4.79 Å². The number of nitrogens with one attached hydrogen (secondary N) is 1. The minimum absolute atomic E-state index is 0.0660. The predicted molar refractivity (Wildman–Crippen MR) is 77.8 cm³/mol. The molecule has 4 heteroatoms. The third-order valence-corrected chi connectivity index (χ3v) is 4.04. The van der Waals surface area contributed by atoms with Gasteiger partial charge in [-0.1, -0.05) is 32.0 Å². The van der Waals surface area contributed by atoms with Crippen molar-refractivity contribution in [2.45, 2.75) is 32.7 Å². The maximum absolute atomic E-state index is 12.3. The number of ketones is 1. The van der Waals surface area contributed by atoms with Crippen LogP contribution in [0.15, 0.2) is 35.4 Å². The van der Waals surface area contributed by atoms with Crippen molar-refractivity contribution in [3.63, 3.8) is 0 Å². The SMILES string of the molecule is CC1(C)CC(=O)[C@H]2C(COc3ccccc3)=NN[C@@H]2C1. The Bertz CT molecular complexity index is 537. The molecular formula is C16H20N2O2. The molecule has 1 aliphatic carbocycles. The standard InChI is InChI=1S/C16H20N2O2/c1-16(2)8-12-15(14(19)9-16)13(18-17-12)10-20-11-6-4-3-5-7-11/h3-7,12,15,17H,8-10H2,1-2H3/t12-,15-/m1/s1. The lowest BCUT2D eigenvalue weighted by Crippen LogP contribution is -2.46. The van der Waals surface area contributed by atoms with Crippen LogP contribution >= 0.6 is 0 Å². The maximum atomic E-state index is 12.3. The number of hydrazone groups is 1. The molecule has 20 heavy (non-hydrogen) atoms. The zero-order chi connectivity index (χ0) is 14.2. The molecule has 1 aromatic carbocycles. The third-order valence-electron chi connectivity index (χ3n) is 4.04. The average Bonchev–Trinajstić information content (AvgIpc) is 2.79. The number of Topliss-reactive ketones (excluding diaryl/α,β-unsaturated/α-hetero) is 1. The van der Waals surface area contributed by atoms with Crippen LogP contribution in [0.4, 0.5) is 0 Å². The fourth-order valence-corrected chi connectivity index (χ4v) is 3.16. The number of carbonyl (C=O) groups is 1. The van der Waals surface area contributed by atoms with E-state index in [-0.39, 0.29) is 23.2 Å². The molecule has 0 spiro atoms. The second kappa shape index (κ2) is 4.93. The van der Waals surface area contributed by atoms with Crippen molar-refractivity contribution in [3.8, 4) is 5.75 Å². The average molecular weight is 272 g/mol. The van der Waals surface area contributed by atoms with Crippen LogP contribution < -0.4 is 10.2 Å². The number of nitrogens with zero attached hydrogens (tertiary/aromatic N) is 1. The summed E-state index contributed by atoms with van der Waals surface area (Å²) in [5.74, 6) is 0.987. The van der Waals surface area contributed by atoms with E-state index in [1.165, 1.54) is 0 Å². The van der Waals surface area contributed by atoms with E-state index < -0.39 is 0 Å². The molecule has 1 fully saturated rings. The highest BCUT2D eigenvalue weighted by molar-refractivity contribution is 6.08. The molecule has 3 rings (SSSR count). The van der Waals surface area contributed by atoms with E-state index >= 15 is 0 Å². The molecule has 0 unspecified atom stereocenters. The molecule has 0 aromatic heterocycles. The Morgan fingerprint density at radius 1 is 1.35 bits per heavy atom. The van der Waals surface area contributed by atoms with Crippen LogP contribution in [-0.4, -0.2) is 24.1 Å². The number of hydrogen-bond acceptors (Lipinski definition) is 4. The molecule has 2 atom stereocenters. The van der Waals surface area contributed by atoms with Crippen LogP contribution in [0.3, 0.4) is 0 Å². The monoisotopic (exact) mass is 272 g/mol.